The lowest BCUT2D eigenvalue weighted by atomic mass is 10.3. The molecule has 0 atom stereocenters. The highest BCUT2D eigenvalue weighted by molar-refractivity contribution is 4.91. The molecule has 0 bridgehead atoms. The number of hydrogen-bond donors (Lipinski definition) is 1. The average molecular weight is 150 g/mol. The SMILES string of the molecule is CCCCn1ccccc1=N. The summed E-state index contributed by atoms with van der Waals surface area (Å²) < 4.78 is 1.96. The van der Waals surface area contributed by atoms with Gasteiger partial charge in [0, 0.05) is 12.7 Å². The van der Waals surface area contributed by atoms with Gasteiger partial charge in [0.15, 0.2) is 0 Å². The summed E-state index contributed by atoms with van der Waals surface area (Å²) in [5, 5.41) is 7.51. The topological polar surface area (TPSA) is 28.8 Å². The second-order valence-electron chi connectivity index (χ2n) is 2.63. The molecule has 0 unspecified atom stereocenters. The van der Waals surface area contributed by atoms with Gasteiger partial charge in [0.25, 0.3) is 0 Å². The molecule has 0 spiro atoms. The van der Waals surface area contributed by atoms with E-state index in [0.29, 0.717) is 5.49 Å². The summed E-state index contributed by atoms with van der Waals surface area (Å²) >= 11 is 0. The molecule has 0 saturated carbocycles. The van der Waals surface area contributed by atoms with Crippen LogP contribution in [0.1, 0.15) is 19.8 Å². The molecule has 2 heteroatoms. The van der Waals surface area contributed by atoms with Gasteiger partial charge in [0.2, 0.25) is 0 Å². The summed E-state index contributed by atoms with van der Waals surface area (Å²) in [4.78, 5) is 0. The van der Waals surface area contributed by atoms with E-state index in [9.17, 15) is 0 Å². The summed E-state index contributed by atoms with van der Waals surface area (Å²) in [5.74, 6) is 0. The van der Waals surface area contributed by atoms with E-state index in [1.165, 1.54) is 6.42 Å². The van der Waals surface area contributed by atoms with Crippen LogP contribution < -0.4 is 5.49 Å². The monoisotopic (exact) mass is 150 g/mol. The van der Waals surface area contributed by atoms with Crippen LogP contribution in [-0.4, -0.2) is 4.57 Å². The molecular weight excluding hydrogens is 136 g/mol. The predicted octanol–water partition coefficient (Wildman–Crippen LogP) is 1.77. The van der Waals surface area contributed by atoms with Gasteiger partial charge in [-0.3, -0.25) is 5.41 Å². The summed E-state index contributed by atoms with van der Waals surface area (Å²) in [6.07, 6.45) is 4.29. The van der Waals surface area contributed by atoms with Crippen LogP contribution in [0.2, 0.25) is 0 Å². The highest BCUT2D eigenvalue weighted by Gasteiger charge is 1.87. The van der Waals surface area contributed by atoms with Gasteiger partial charge in [-0.1, -0.05) is 19.4 Å². The minimum absolute atomic E-state index is 0.598. The maximum absolute atomic E-state index is 7.51. The Balaban J connectivity index is 2.70. The van der Waals surface area contributed by atoms with Crippen LogP contribution in [0, 0.1) is 5.41 Å². The molecule has 1 aromatic heterocycles. The molecule has 0 aromatic carbocycles. The van der Waals surface area contributed by atoms with Crippen LogP contribution >= 0.6 is 0 Å². The van der Waals surface area contributed by atoms with Gasteiger partial charge in [-0.15, -0.1) is 0 Å². The maximum atomic E-state index is 7.51. The first-order chi connectivity index (χ1) is 5.34. The van der Waals surface area contributed by atoms with Gasteiger partial charge in [-0.05, 0) is 18.6 Å². The number of nitrogens with zero attached hydrogens (tertiary/aromatic N) is 1. The Morgan fingerprint density at radius 3 is 2.91 bits per heavy atom. The van der Waals surface area contributed by atoms with Crippen molar-refractivity contribution in [3.8, 4) is 0 Å². The zero-order valence-corrected chi connectivity index (χ0v) is 6.88. The van der Waals surface area contributed by atoms with Crippen LogP contribution in [0.5, 0.6) is 0 Å². The van der Waals surface area contributed by atoms with Gasteiger partial charge in [0.1, 0.15) is 5.49 Å². The number of pyridine rings is 1. The molecule has 0 aliphatic carbocycles. The Hall–Kier alpha value is -1.05. The van der Waals surface area contributed by atoms with E-state index < -0.39 is 0 Å². The van der Waals surface area contributed by atoms with Crippen LogP contribution in [0.3, 0.4) is 0 Å². The van der Waals surface area contributed by atoms with E-state index in [-0.39, 0.29) is 0 Å². The molecule has 0 amide bonds. The third-order valence-electron chi connectivity index (χ3n) is 1.69. The molecule has 2 nitrogen and oxygen atoms in total. The van der Waals surface area contributed by atoms with E-state index >= 15 is 0 Å². The third-order valence-corrected chi connectivity index (χ3v) is 1.69. The highest BCUT2D eigenvalue weighted by atomic mass is 15.0. The quantitative estimate of drug-likeness (QED) is 0.680. The molecule has 0 saturated heterocycles. The second-order valence-corrected chi connectivity index (χ2v) is 2.63. The van der Waals surface area contributed by atoms with Crippen molar-refractivity contribution in [3.63, 3.8) is 0 Å². The zero-order valence-electron chi connectivity index (χ0n) is 6.88. The molecule has 0 aliphatic rings. The number of nitrogens with one attached hydrogen (secondary N) is 1. The molecule has 11 heavy (non-hydrogen) atoms. The van der Waals surface area contributed by atoms with Crippen LogP contribution in [0.15, 0.2) is 24.4 Å². The summed E-state index contributed by atoms with van der Waals surface area (Å²) in [6, 6.07) is 5.67. The first-order valence-electron chi connectivity index (χ1n) is 4.04. The lowest BCUT2D eigenvalue weighted by molar-refractivity contribution is 0.601. The fraction of sp³-hybridized carbons (Fsp3) is 0.444. The van der Waals surface area contributed by atoms with Gasteiger partial charge in [0.05, 0.1) is 0 Å². The maximum Gasteiger partial charge on any atom is 0.124 e. The molecular formula is C9H14N2. The largest absolute Gasteiger partial charge is 0.334 e. The van der Waals surface area contributed by atoms with Crippen LogP contribution in [0.4, 0.5) is 0 Å². The number of hydrogen-bond acceptors (Lipinski definition) is 1. The molecule has 1 N–H and O–H groups in total. The van der Waals surface area contributed by atoms with Crippen molar-refractivity contribution in [1.29, 1.82) is 5.41 Å². The normalized spacial score (nSPS) is 9.91. The third kappa shape index (κ3) is 2.22. The first kappa shape index (κ1) is 8.05. The Morgan fingerprint density at radius 1 is 1.45 bits per heavy atom. The van der Waals surface area contributed by atoms with E-state index in [0.717, 1.165) is 13.0 Å². The van der Waals surface area contributed by atoms with Gasteiger partial charge in [-0.2, -0.15) is 0 Å². The standard InChI is InChI=1S/C9H14N2/c1-2-3-7-11-8-5-4-6-9(11)10/h4-6,8,10H,2-3,7H2,1H3. The lowest BCUT2D eigenvalue weighted by Gasteiger charge is -2.03. The average Bonchev–Trinajstić information content (AvgIpc) is 2.03. The number of aryl methyl sites for hydroxylation is 1. The summed E-state index contributed by atoms with van der Waals surface area (Å²) in [5.41, 5.74) is 0.598. The molecule has 0 aliphatic heterocycles. The smallest absolute Gasteiger partial charge is 0.124 e. The molecule has 0 radical (unpaired) electrons. The van der Waals surface area contributed by atoms with Crippen LogP contribution in [0.25, 0.3) is 0 Å². The van der Waals surface area contributed by atoms with Crippen LogP contribution in [-0.2, 0) is 6.54 Å². The van der Waals surface area contributed by atoms with Gasteiger partial charge < -0.3 is 4.57 Å². The Morgan fingerprint density at radius 2 is 2.27 bits per heavy atom. The summed E-state index contributed by atoms with van der Waals surface area (Å²) in [6.45, 7) is 3.13. The Kier molecular flexibility index (Phi) is 2.90. The lowest BCUT2D eigenvalue weighted by Crippen LogP contribution is -2.17. The fourth-order valence-electron chi connectivity index (χ4n) is 1.000. The summed E-state index contributed by atoms with van der Waals surface area (Å²) in [7, 11) is 0. The minimum Gasteiger partial charge on any atom is -0.334 e. The number of unbranched alkanes of at least 4 members (excludes halogenated alkanes) is 1. The van der Waals surface area contributed by atoms with Crippen molar-refractivity contribution in [2.45, 2.75) is 26.3 Å². The van der Waals surface area contributed by atoms with E-state index in [2.05, 4.69) is 6.92 Å². The van der Waals surface area contributed by atoms with Crippen molar-refractivity contribution in [2.75, 3.05) is 0 Å². The van der Waals surface area contributed by atoms with Crippen molar-refractivity contribution in [1.82, 2.24) is 4.57 Å². The number of rotatable bonds is 3. The number of aromatic nitrogens is 1. The van der Waals surface area contributed by atoms with E-state index in [4.69, 9.17) is 5.41 Å². The van der Waals surface area contributed by atoms with Crippen molar-refractivity contribution < 1.29 is 0 Å². The molecule has 1 heterocycles. The molecule has 60 valence electrons. The molecule has 0 fully saturated rings. The molecule has 1 rings (SSSR count). The van der Waals surface area contributed by atoms with E-state index in [1.807, 2.05) is 29.0 Å². The second kappa shape index (κ2) is 3.96. The van der Waals surface area contributed by atoms with Gasteiger partial charge in [-0.25, -0.2) is 0 Å². The van der Waals surface area contributed by atoms with Gasteiger partial charge >= 0.3 is 0 Å². The minimum atomic E-state index is 0.598. The zero-order chi connectivity index (χ0) is 8.10. The highest BCUT2D eigenvalue weighted by Crippen LogP contribution is 1.90. The Bertz CT molecular complexity index is 262. The van der Waals surface area contributed by atoms with E-state index in [1.54, 1.807) is 0 Å². The van der Waals surface area contributed by atoms with Crippen molar-refractivity contribution in [3.05, 3.63) is 29.9 Å². The molecule has 1 aromatic rings. The first-order valence-corrected chi connectivity index (χ1v) is 4.04. The van der Waals surface area contributed by atoms with Crippen molar-refractivity contribution >= 4 is 0 Å². The predicted molar refractivity (Wildman–Crippen MR) is 45.2 cm³/mol. The Labute approximate surface area is 67.0 Å². The fourth-order valence-corrected chi connectivity index (χ4v) is 1.000. The van der Waals surface area contributed by atoms with Crippen molar-refractivity contribution in [2.24, 2.45) is 0 Å².